The molecule has 1 amide bonds. The predicted molar refractivity (Wildman–Crippen MR) is 105 cm³/mol. The Hall–Kier alpha value is -0.680. The Morgan fingerprint density at radius 1 is 1.08 bits per heavy atom. The lowest BCUT2D eigenvalue weighted by Crippen LogP contribution is -2.49. The number of halogens is 3. The van der Waals surface area contributed by atoms with Crippen LogP contribution in [0, 0.1) is 5.92 Å². The van der Waals surface area contributed by atoms with Crippen LogP contribution >= 0.6 is 36.4 Å². The minimum absolute atomic E-state index is 0. The van der Waals surface area contributed by atoms with E-state index in [-0.39, 0.29) is 36.8 Å². The van der Waals surface area contributed by atoms with E-state index in [9.17, 15) is 4.79 Å². The second-order valence-corrected chi connectivity index (χ2v) is 6.84. The van der Waals surface area contributed by atoms with Crippen LogP contribution in [-0.4, -0.2) is 43.0 Å². The molecule has 136 valence electrons. The van der Waals surface area contributed by atoms with Crippen LogP contribution in [0.5, 0.6) is 0 Å². The number of amides is 1. The van der Waals surface area contributed by atoms with Crippen LogP contribution in [0.1, 0.15) is 25.7 Å². The molecular weight excluding hydrogens is 369 g/mol. The molecule has 24 heavy (non-hydrogen) atoms. The van der Waals surface area contributed by atoms with Crippen LogP contribution < -0.4 is 10.6 Å². The second kappa shape index (κ2) is 9.71. The summed E-state index contributed by atoms with van der Waals surface area (Å²) in [7, 11) is 0. The van der Waals surface area contributed by atoms with Crippen molar-refractivity contribution in [2.45, 2.75) is 31.7 Å². The van der Waals surface area contributed by atoms with E-state index in [1.165, 1.54) is 12.1 Å². The molecule has 1 saturated carbocycles. The Balaban J connectivity index is 0.00000144. The van der Waals surface area contributed by atoms with Gasteiger partial charge in [-0.15, -0.1) is 24.8 Å². The van der Waals surface area contributed by atoms with E-state index in [2.05, 4.69) is 4.90 Å². The number of carbonyl (C=O) groups is 1. The predicted octanol–water partition coefficient (Wildman–Crippen LogP) is 3.35. The molecule has 7 heteroatoms. The Morgan fingerprint density at radius 2 is 1.71 bits per heavy atom. The molecule has 1 aliphatic carbocycles. The summed E-state index contributed by atoms with van der Waals surface area (Å²) in [6.07, 6.45) is 3.98. The highest BCUT2D eigenvalue weighted by atomic mass is 35.5. The van der Waals surface area contributed by atoms with Crippen molar-refractivity contribution in [3.8, 4) is 0 Å². The van der Waals surface area contributed by atoms with Gasteiger partial charge in [0.05, 0.1) is 0 Å². The van der Waals surface area contributed by atoms with Crippen molar-refractivity contribution in [3.05, 3.63) is 29.3 Å². The van der Waals surface area contributed by atoms with Crippen molar-refractivity contribution < 1.29 is 4.79 Å². The van der Waals surface area contributed by atoms with Gasteiger partial charge in [-0.25, -0.2) is 0 Å². The van der Waals surface area contributed by atoms with Gasteiger partial charge in [0, 0.05) is 49.4 Å². The van der Waals surface area contributed by atoms with Gasteiger partial charge in [0.1, 0.15) is 0 Å². The molecule has 1 aliphatic heterocycles. The van der Waals surface area contributed by atoms with E-state index in [4.69, 9.17) is 17.3 Å². The Kier molecular flexibility index (Phi) is 8.65. The molecule has 1 aromatic carbocycles. The standard InChI is InChI=1S/C17H24ClN3O.2ClH/c18-14-4-6-15(7-5-14)20-8-10-21(11-9-20)17(22)12-13-2-1-3-16(13)19;;/h4-7,13,16H,1-3,8-12,19H2;2*1H/t13-,16+;;/m0../s1. The fourth-order valence-electron chi connectivity index (χ4n) is 3.54. The first kappa shape index (κ1) is 21.4. The highest BCUT2D eigenvalue weighted by Gasteiger charge is 2.29. The number of rotatable bonds is 3. The van der Waals surface area contributed by atoms with Gasteiger partial charge in [0.25, 0.3) is 0 Å². The smallest absolute Gasteiger partial charge is 0.223 e. The van der Waals surface area contributed by atoms with Crippen LogP contribution in [0.15, 0.2) is 24.3 Å². The SMILES string of the molecule is Cl.Cl.N[C@@H]1CCC[C@H]1CC(=O)N1CCN(c2ccc(Cl)cc2)CC1. The minimum atomic E-state index is 0. The molecule has 0 bridgehead atoms. The maximum atomic E-state index is 12.4. The van der Waals surface area contributed by atoms with Crippen molar-refractivity contribution in [1.82, 2.24) is 4.90 Å². The summed E-state index contributed by atoms with van der Waals surface area (Å²) >= 11 is 5.93. The monoisotopic (exact) mass is 393 g/mol. The summed E-state index contributed by atoms with van der Waals surface area (Å²) in [4.78, 5) is 16.7. The number of nitrogens with zero attached hydrogens (tertiary/aromatic N) is 2. The topological polar surface area (TPSA) is 49.6 Å². The maximum absolute atomic E-state index is 12.4. The van der Waals surface area contributed by atoms with Crippen molar-refractivity contribution in [1.29, 1.82) is 0 Å². The maximum Gasteiger partial charge on any atom is 0.223 e. The number of hydrogen-bond donors (Lipinski definition) is 1. The van der Waals surface area contributed by atoms with Gasteiger partial charge in [-0.05, 0) is 43.0 Å². The molecule has 1 saturated heterocycles. The summed E-state index contributed by atoms with van der Waals surface area (Å²) in [5.41, 5.74) is 7.25. The molecule has 2 atom stereocenters. The van der Waals surface area contributed by atoms with Crippen LogP contribution in [0.25, 0.3) is 0 Å². The highest BCUT2D eigenvalue weighted by molar-refractivity contribution is 6.30. The first-order valence-corrected chi connectivity index (χ1v) is 8.55. The molecular formula is C17H26Cl3N3O. The summed E-state index contributed by atoms with van der Waals surface area (Å²) in [5.74, 6) is 0.667. The number of hydrogen-bond acceptors (Lipinski definition) is 3. The fraction of sp³-hybridized carbons (Fsp3) is 0.588. The lowest BCUT2D eigenvalue weighted by molar-refractivity contribution is -0.132. The summed E-state index contributed by atoms with van der Waals surface area (Å²) < 4.78 is 0. The highest BCUT2D eigenvalue weighted by Crippen LogP contribution is 2.28. The molecule has 2 aliphatic rings. The number of nitrogens with two attached hydrogens (primary N) is 1. The van der Waals surface area contributed by atoms with E-state index < -0.39 is 0 Å². The molecule has 4 nitrogen and oxygen atoms in total. The van der Waals surface area contributed by atoms with Crippen molar-refractivity contribution in [3.63, 3.8) is 0 Å². The molecule has 0 aromatic heterocycles. The largest absolute Gasteiger partial charge is 0.368 e. The number of carbonyl (C=O) groups excluding carboxylic acids is 1. The normalized spacial score (nSPS) is 23.4. The molecule has 0 spiro atoms. The Bertz CT molecular complexity index is 518. The van der Waals surface area contributed by atoms with Crippen LogP contribution in [0.2, 0.25) is 5.02 Å². The van der Waals surface area contributed by atoms with Crippen molar-refractivity contribution in [2.24, 2.45) is 11.7 Å². The van der Waals surface area contributed by atoms with Gasteiger partial charge in [-0.2, -0.15) is 0 Å². The molecule has 0 unspecified atom stereocenters. The van der Waals surface area contributed by atoms with Gasteiger partial charge in [0.15, 0.2) is 0 Å². The quantitative estimate of drug-likeness (QED) is 0.855. The van der Waals surface area contributed by atoms with Gasteiger partial charge in [-0.3, -0.25) is 4.79 Å². The van der Waals surface area contributed by atoms with Gasteiger partial charge < -0.3 is 15.5 Å². The zero-order valence-electron chi connectivity index (χ0n) is 13.7. The number of benzene rings is 1. The van der Waals surface area contributed by atoms with Gasteiger partial charge in [-0.1, -0.05) is 18.0 Å². The van der Waals surface area contributed by atoms with E-state index in [1.807, 2.05) is 29.2 Å². The second-order valence-electron chi connectivity index (χ2n) is 6.40. The lowest BCUT2D eigenvalue weighted by Gasteiger charge is -2.36. The third-order valence-electron chi connectivity index (χ3n) is 4.98. The van der Waals surface area contributed by atoms with Crippen molar-refractivity contribution in [2.75, 3.05) is 31.1 Å². The van der Waals surface area contributed by atoms with E-state index in [0.29, 0.717) is 12.3 Å². The van der Waals surface area contributed by atoms with Gasteiger partial charge in [0.2, 0.25) is 5.91 Å². The molecule has 1 heterocycles. The van der Waals surface area contributed by atoms with E-state index >= 15 is 0 Å². The first-order chi connectivity index (χ1) is 10.6. The Labute approximate surface area is 161 Å². The van der Waals surface area contributed by atoms with E-state index in [1.54, 1.807) is 0 Å². The first-order valence-electron chi connectivity index (χ1n) is 8.17. The molecule has 0 radical (unpaired) electrons. The summed E-state index contributed by atoms with van der Waals surface area (Å²) in [6, 6.07) is 8.12. The molecule has 2 fully saturated rings. The number of piperazine rings is 1. The van der Waals surface area contributed by atoms with Gasteiger partial charge >= 0.3 is 0 Å². The van der Waals surface area contributed by atoms with Crippen LogP contribution in [0.3, 0.4) is 0 Å². The zero-order valence-corrected chi connectivity index (χ0v) is 16.1. The average molecular weight is 395 g/mol. The molecule has 2 N–H and O–H groups in total. The van der Waals surface area contributed by atoms with E-state index in [0.717, 1.165) is 44.0 Å². The van der Waals surface area contributed by atoms with Crippen LogP contribution in [-0.2, 0) is 4.79 Å². The van der Waals surface area contributed by atoms with Crippen LogP contribution in [0.4, 0.5) is 5.69 Å². The fourth-order valence-corrected chi connectivity index (χ4v) is 3.66. The zero-order chi connectivity index (χ0) is 15.5. The molecule has 3 rings (SSSR count). The summed E-state index contributed by atoms with van der Waals surface area (Å²) in [6.45, 7) is 3.35. The Morgan fingerprint density at radius 3 is 2.25 bits per heavy atom. The summed E-state index contributed by atoms with van der Waals surface area (Å²) in [5, 5.41) is 0.755. The lowest BCUT2D eigenvalue weighted by atomic mass is 9.99. The third kappa shape index (κ3) is 5.16. The third-order valence-corrected chi connectivity index (χ3v) is 5.23. The number of anilines is 1. The minimum Gasteiger partial charge on any atom is -0.368 e. The van der Waals surface area contributed by atoms with Crippen molar-refractivity contribution >= 4 is 48.0 Å². The molecule has 1 aromatic rings. The average Bonchev–Trinajstić information content (AvgIpc) is 2.93.